The van der Waals surface area contributed by atoms with E-state index in [2.05, 4.69) is 10.6 Å². The first-order valence-electron chi connectivity index (χ1n) is 5.50. The zero-order chi connectivity index (χ0) is 13.7. The third kappa shape index (κ3) is 3.51. The van der Waals surface area contributed by atoms with Crippen LogP contribution in [0, 0.1) is 0 Å². The van der Waals surface area contributed by atoms with Gasteiger partial charge in [-0.05, 0) is 13.0 Å². The van der Waals surface area contributed by atoms with Crippen molar-refractivity contribution in [2.75, 3.05) is 14.2 Å². The maximum atomic E-state index is 11.3. The van der Waals surface area contributed by atoms with Gasteiger partial charge in [0.15, 0.2) is 11.5 Å². The first-order chi connectivity index (χ1) is 8.49. The van der Waals surface area contributed by atoms with E-state index in [1.807, 2.05) is 0 Å². The fourth-order valence-corrected chi connectivity index (χ4v) is 1.72. The molecule has 1 amide bonds. The smallest absolute Gasteiger partial charge is 0.236 e. The van der Waals surface area contributed by atoms with Crippen molar-refractivity contribution < 1.29 is 14.6 Å². The molecule has 0 aliphatic rings. The Bertz CT molecular complexity index is 438. The van der Waals surface area contributed by atoms with Crippen LogP contribution < -0.4 is 15.4 Å². The zero-order valence-corrected chi connectivity index (χ0v) is 11.3. The third-order valence-electron chi connectivity index (χ3n) is 2.58. The number of nitrogens with one attached hydrogen (secondary N) is 2. The molecule has 1 aromatic carbocycles. The Morgan fingerprint density at radius 2 is 2.22 bits per heavy atom. The summed E-state index contributed by atoms with van der Waals surface area (Å²) in [4.78, 5) is 11.3. The van der Waals surface area contributed by atoms with Gasteiger partial charge in [0.25, 0.3) is 0 Å². The van der Waals surface area contributed by atoms with E-state index in [9.17, 15) is 9.90 Å². The van der Waals surface area contributed by atoms with Crippen molar-refractivity contribution in [3.63, 3.8) is 0 Å². The minimum atomic E-state index is -0.362. The molecule has 1 aromatic rings. The third-order valence-corrected chi connectivity index (χ3v) is 2.80. The van der Waals surface area contributed by atoms with E-state index in [-0.39, 0.29) is 17.7 Å². The van der Waals surface area contributed by atoms with Gasteiger partial charge in [0, 0.05) is 30.2 Å². The van der Waals surface area contributed by atoms with E-state index >= 15 is 0 Å². The highest BCUT2D eigenvalue weighted by atomic mass is 35.5. The highest BCUT2D eigenvalue weighted by Gasteiger charge is 2.13. The zero-order valence-electron chi connectivity index (χ0n) is 10.6. The molecule has 3 N–H and O–H groups in total. The first-order valence-corrected chi connectivity index (χ1v) is 5.87. The number of rotatable bonds is 5. The maximum Gasteiger partial charge on any atom is 0.236 e. The second kappa shape index (κ2) is 6.47. The number of ether oxygens (including phenoxy) is 1. The Balaban J connectivity index is 2.79. The van der Waals surface area contributed by atoms with Crippen LogP contribution in [-0.4, -0.2) is 31.2 Å². The molecule has 0 bridgehead atoms. The van der Waals surface area contributed by atoms with Crippen LogP contribution in [-0.2, 0) is 11.3 Å². The number of hydrogen-bond donors (Lipinski definition) is 3. The molecule has 1 rings (SSSR count). The summed E-state index contributed by atoms with van der Waals surface area (Å²) in [6, 6.07) is 2.80. The second-order valence-electron chi connectivity index (χ2n) is 3.83. The Labute approximate surface area is 111 Å². The molecule has 0 radical (unpaired) electrons. The van der Waals surface area contributed by atoms with Crippen molar-refractivity contribution in [3.05, 3.63) is 22.7 Å². The maximum absolute atomic E-state index is 11.3. The lowest BCUT2D eigenvalue weighted by molar-refractivity contribution is -0.122. The van der Waals surface area contributed by atoms with Gasteiger partial charge in [-0.1, -0.05) is 11.6 Å². The van der Waals surface area contributed by atoms with E-state index in [1.165, 1.54) is 13.2 Å². The van der Waals surface area contributed by atoms with Crippen LogP contribution in [0.15, 0.2) is 12.1 Å². The largest absolute Gasteiger partial charge is 0.504 e. The van der Waals surface area contributed by atoms with Gasteiger partial charge in [-0.2, -0.15) is 0 Å². The predicted molar refractivity (Wildman–Crippen MR) is 70.0 cm³/mol. The van der Waals surface area contributed by atoms with Crippen molar-refractivity contribution in [2.24, 2.45) is 0 Å². The van der Waals surface area contributed by atoms with E-state index in [0.29, 0.717) is 22.9 Å². The molecule has 0 aromatic heterocycles. The van der Waals surface area contributed by atoms with Crippen LogP contribution in [0.5, 0.6) is 11.5 Å². The average Bonchev–Trinajstić information content (AvgIpc) is 2.37. The lowest BCUT2D eigenvalue weighted by Crippen LogP contribution is -2.40. The molecule has 0 aliphatic carbocycles. The highest BCUT2D eigenvalue weighted by Crippen LogP contribution is 2.33. The molecule has 0 spiro atoms. The van der Waals surface area contributed by atoms with Gasteiger partial charge in [-0.3, -0.25) is 4.79 Å². The van der Waals surface area contributed by atoms with E-state index < -0.39 is 0 Å². The molecule has 5 nitrogen and oxygen atoms in total. The number of amides is 1. The Hall–Kier alpha value is -1.46. The van der Waals surface area contributed by atoms with Gasteiger partial charge in [0.2, 0.25) is 5.91 Å². The standard InChI is InChI=1S/C12H17ClN2O3/c1-7(12(17)14-2)15-6-8-4-9(13)5-10(18-3)11(8)16/h4-5,7,15-16H,6H2,1-3H3,(H,14,17). The summed E-state index contributed by atoms with van der Waals surface area (Å²) < 4.78 is 5.00. The molecule has 0 saturated heterocycles. The van der Waals surface area contributed by atoms with E-state index in [4.69, 9.17) is 16.3 Å². The van der Waals surface area contributed by atoms with Gasteiger partial charge in [-0.25, -0.2) is 0 Å². The molecular weight excluding hydrogens is 256 g/mol. The molecule has 0 heterocycles. The van der Waals surface area contributed by atoms with Gasteiger partial charge >= 0.3 is 0 Å². The van der Waals surface area contributed by atoms with Gasteiger partial charge in [-0.15, -0.1) is 0 Å². The van der Waals surface area contributed by atoms with Crippen LogP contribution in [0.25, 0.3) is 0 Å². The van der Waals surface area contributed by atoms with Gasteiger partial charge in [0.1, 0.15) is 0 Å². The monoisotopic (exact) mass is 272 g/mol. The summed E-state index contributed by atoms with van der Waals surface area (Å²) in [5, 5.41) is 15.9. The Morgan fingerprint density at radius 3 is 2.78 bits per heavy atom. The van der Waals surface area contributed by atoms with Crippen molar-refractivity contribution in [2.45, 2.75) is 19.5 Å². The molecule has 100 valence electrons. The molecule has 0 saturated carbocycles. The number of likely N-dealkylation sites (N-methyl/N-ethyl adjacent to an activating group) is 1. The topological polar surface area (TPSA) is 70.6 Å². The lowest BCUT2D eigenvalue weighted by atomic mass is 10.1. The number of aromatic hydroxyl groups is 1. The summed E-state index contributed by atoms with van der Waals surface area (Å²) in [5.41, 5.74) is 0.579. The van der Waals surface area contributed by atoms with Crippen LogP contribution in [0.1, 0.15) is 12.5 Å². The minimum Gasteiger partial charge on any atom is -0.504 e. The normalized spacial score (nSPS) is 12.0. The number of phenolic OH excluding ortho intramolecular Hbond substituents is 1. The quantitative estimate of drug-likeness (QED) is 0.755. The number of benzene rings is 1. The highest BCUT2D eigenvalue weighted by molar-refractivity contribution is 6.30. The number of hydrogen-bond acceptors (Lipinski definition) is 4. The molecule has 18 heavy (non-hydrogen) atoms. The number of methoxy groups -OCH3 is 1. The summed E-state index contributed by atoms with van der Waals surface area (Å²) in [7, 11) is 3.02. The summed E-state index contributed by atoms with van der Waals surface area (Å²) in [6.45, 7) is 2.05. The molecular formula is C12H17ClN2O3. The molecule has 6 heteroatoms. The molecule has 0 fully saturated rings. The Kier molecular flexibility index (Phi) is 5.25. The number of carbonyl (C=O) groups excluding carboxylic acids is 1. The fourth-order valence-electron chi connectivity index (χ4n) is 1.49. The molecule has 1 atom stereocenters. The summed E-state index contributed by atoms with van der Waals surface area (Å²) in [5.74, 6) is 0.217. The van der Waals surface area contributed by atoms with Crippen LogP contribution in [0.3, 0.4) is 0 Å². The van der Waals surface area contributed by atoms with Crippen molar-refractivity contribution in [1.29, 1.82) is 0 Å². The van der Waals surface area contributed by atoms with Crippen molar-refractivity contribution in [1.82, 2.24) is 10.6 Å². The SMILES string of the molecule is CNC(=O)C(C)NCc1cc(Cl)cc(OC)c1O. The van der Waals surface area contributed by atoms with Gasteiger partial charge in [0.05, 0.1) is 13.2 Å². The van der Waals surface area contributed by atoms with Crippen LogP contribution >= 0.6 is 11.6 Å². The van der Waals surface area contributed by atoms with E-state index in [0.717, 1.165) is 0 Å². The second-order valence-corrected chi connectivity index (χ2v) is 4.27. The van der Waals surface area contributed by atoms with Crippen LogP contribution in [0.2, 0.25) is 5.02 Å². The van der Waals surface area contributed by atoms with Crippen molar-refractivity contribution in [3.8, 4) is 11.5 Å². The Morgan fingerprint density at radius 1 is 1.56 bits per heavy atom. The molecule has 0 aliphatic heterocycles. The summed E-state index contributed by atoms with van der Waals surface area (Å²) >= 11 is 5.91. The lowest BCUT2D eigenvalue weighted by Gasteiger charge is -2.14. The number of carbonyl (C=O) groups is 1. The average molecular weight is 273 g/mol. The van der Waals surface area contributed by atoms with Crippen molar-refractivity contribution >= 4 is 17.5 Å². The minimum absolute atomic E-state index is 0.0264. The van der Waals surface area contributed by atoms with Gasteiger partial charge < -0.3 is 20.5 Å². The first kappa shape index (κ1) is 14.6. The number of phenols is 1. The summed E-state index contributed by atoms with van der Waals surface area (Å²) in [6.07, 6.45) is 0. The fraction of sp³-hybridized carbons (Fsp3) is 0.417. The van der Waals surface area contributed by atoms with Crippen LogP contribution in [0.4, 0.5) is 0 Å². The molecule has 1 unspecified atom stereocenters. The predicted octanol–water partition coefficient (Wildman–Crippen LogP) is 1.28. The van der Waals surface area contributed by atoms with E-state index in [1.54, 1.807) is 20.0 Å². The number of halogens is 1.